The van der Waals surface area contributed by atoms with Crippen LogP contribution in [0.15, 0.2) is 0 Å². The van der Waals surface area contributed by atoms with Gasteiger partial charge in [-0.25, -0.2) is 0 Å². The first kappa shape index (κ1) is 9.75. The molecule has 1 heterocycles. The normalized spacial score (nSPS) is 36.5. The molecule has 1 aliphatic carbocycles. The molecule has 0 amide bonds. The van der Waals surface area contributed by atoms with Crippen molar-refractivity contribution >= 4 is 11.6 Å². The molecule has 76 valence electrons. The summed E-state index contributed by atoms with van der Waals surface area (Å²) in [7, 11) is 1.84. The molecule has 0 bridgehead atoms. The Kier molecular flexibility index (Phi) is 3.12. The van der Waals surface area contributed by atoms with E-state index in [1.165, 1.54) is 32.4 Å². The first-order chi connectivity index (χ1) is 6.35. The van der Waals surface area contributed by atoms with Gasteiger partial charge in [-0.05, 0) is 25.2 Å². The van der Waals surface area contributed by atoms with Crippen molar-refractivity contribution in [1.29, 1.82) is 0 Å². The van der Waals surface area contributed by atoms with Crippen molar-refractivity contribution in [1.82, 2.24) is 4.90 Å². The van der Waals surface area contributed by atoms with Gasteiger partial charge < -0.3 is 4.74 Å². The molecule has 0 N–H and O–H groups in total. The molecule has 2 atom stereocenters. The summed E-state index contributed by atoms with van der Waals surface area (Å²) in [5.41, 5.74) is 0. The Bertz CT molecular complexity index is 170. The molecule has 1 saturated heterocycles. The SMILES string of the molecule is COC1CCCC1N1CC(CCl)C1. The van der Waals surface area contributed by atoms with Gasteiger partial charge in [-0.2, -0.15) is 0 Å². The highest BCUT2D eigenvalue weighted by atomic mass is 35.5. The smallest absolute Gasteiger partial charge is 0.0726 e. The fourth-order valence-electron chi connectivity index (χ4n) is 2.58. The van der Waals surface area contributed by atoms with E-state index < -0.39 is 0 Å². The highest BCUT2D eigenvalue weighted by Crippen LogP contribution is 2.31. The quantitative estimate of drug-likeness (QED) is 0.648. The van der Waals surface area contributed by atoms with E-state index in [0.717, 1.165) is 11.8 Å². The summed E-state index contributed by atoms with van der Waals surface area (Å²) in [6.45, 7) is 2.38. The molecule has 1 saturated carbocycles. The van der Waals surface area contributed by atoms with Gasteiger partial charge in [0.15, 0.2) is 0 Å². The zero-order valence-electron chi connectivity index (χ0n) is 8.21. The van der Waals surface area contributed by atoms with Gasteiger partial charge in [0, 0.05) is 32.1 Å². The van der Waals surface area contributed by atoms with Crippen molar-refractivity contribution in [2.45, 2.75) is 31.4 Å². The van der Waals surface area contributed by atoms with Gasteiger partial charge in [0.2, 0.25) is 0 Å². The minimum absolute atomic E-state index is 0.483. The molecule has 2 fully saturated rings. The maximum Gasteiger partial charge on any atom is 0.0726 e. The zero-order chi connectivity index (χ0) is 9.26. The summed E-state index contributed by atoms with van der Waals surface area (Å²) in [6.07, 6.45) is 4.36. The van der Waals surface area contributed by atoms with E-state index in [1.54, 1.807) is 0 Å². The Labute approximate surface area is 85.2 Å². The molecular formula is C10H18ClNO. The Morgan fingerprint density at radius 2 is 2.15 bits per heavy atom. The van der Waals surface area contributed by atoms with E-state index >= 15 is 0 Å². The second kappa shape index (κ2) is 4.16. The average molecular weight is 204 g/mol. The number of hydrogen-bond donors (Lipinski definition) is 0. The Morgan fingerprint density at radius 1 is 1.38 bits per heavy atom. The zero-order valence-corrected chi connectivity index (χ0v) is 8.96. The van der Waals surface area contributed by atoms with Crippen LogP contribution >= 0.6 is 11.6 Å². The molecule has 2 unspecified atom stereocenters. The third kappa shape index (κ3) is 1.85. The van der Waals surface area contributed by atoms with Crippen molar-refractivity contribution in [2.24, 2.45) is 5.92 Å². The Balaban J connectivity index is 1.81. The van der Waals surface area contributed by atoms with Crippen molar-refractivity contribution in [3.8, 4) is 0 Å². The highest BCUT2D eigenvalue weighted by Gasteiger charge is 2.38. The summed E-state index contributed by atoms with van der Waals surface area (Å²) in [4.78, 5) is 2.54. The predicted molar refractivity (Wildman–Crippen MR) is 54.2 cm³/mol. The lowest BCUT2D eigenvalue weighted by Crippen LogP contribution is -2.55. The molecule has 1 aliphatic heterocycles. The number of halogens is 1. The summed E-state index contributed by atoms with van der Waals surface area (Å²) in [5.74, 6) is 1.56. The number of likely N-dealkylation sites (tertiary alicyclic amines) is 1. The summed E-state index contributed by atoms with van der Waals surface area (Å²) < 4.78 is 5.47. The van der Waals surface area contributed by atoms with Crippen LogP contribution in [0.3, 0.4) is 0 Å². The molecule has 3 heteroatoms. The molecule has 0 radical (unpaired) electrons. The number of alkyl halides is 1. The van der Waals surface area contributed by atoms with Crippen LogP contribution in [0.2, 0.25) is 0 Å². The van der Waals surface area contributed by atoms with Gasteiger partial charge in [0.1, 0.15) is 0 Å². The third-order valence-electron chi connectivity index (χ3n) is 3.39. The standard InChI is InChI=1S/C10H18ClNO/c1-13-10-4-2-3-9(10)12-6-8(5-11)7-12/h8-10H,2-7H2,1H3. The number of hydrogen-bond acceptors (Lipinski definition) is 2. The van der Waals surface area contributed by atoms with Crippen molar-refractivity contribution in [2.75, 3.05) is 26.1 Å². The Hall–Kier alpha value is 0.210. The van der Waals surface area contributed by atoms with Crippen LogP contribution in [-0.2, 0) is 4.74 Å². The molecule has 0 aromatic carbocycles. The second-order valence-electron chi connectivity index (χ2n) is 4.25. The lowest BCUT2D eigenvalue weighted by atomic mass is 9.98. The van der Waals surface area contributed by atoms with Crippen LogP contribution in [-0.4, -0.2) is 43.1 Å². The molecule has 2 nitrogen and oxygen atoms in total. The maximum atomic E-state index is 5.79. The summed E-state index contributed by atoms with van der Waals surface area (Å²) in [6, 6.07) is 0.685. The fraction of sp³-hybridized carbons (Fsp3) is 1.00. The van der Waals surface area contributed by atoms with Gasteiger partial charge in [0.25, 0.3) is 0 Å². The minimum atomic E-state index is 0.483. The molecule has 13 heavy (non-hydrogen) atoms. The summed E-state index contributed by atoms with van der Waals surface area (Å²) >= 11 is 5.79. The van der Waals surface area contributed by atoms with Crippen LogP contribution in [0, 0.1) is 5.92 Å². The van der Waals surface area contributed by atoms with Gasteiger partial charge >= 0.3 is 0 Å². The first-order valence-corrected chi connectivity index (χ1v) is 5.71. The number of nitrogens with zero attached hydrogens (tertiary/aromatic N) is 1. The number of methoxy groups -OCH3 is 1. The average Bonchev–Trinajstić information content (AvgIpc) is 2.50. The Morgan fingerprint density at radius 3 is 2.77 bits per heavy atom. The maximum absolute atomic E-state index is 5.79. The van der Waals surface area contributed by atoms with E-state index in [2.05, 4.69) is 4.90 Å². The van der Waals surface area contributed by atoms with Gasteiger partial charge in [0.05, 0.1) is 6.10 Å². The van der Waals surface area contributed by atoms with Crippen LogP contribution < -0.4 is 0 Å². The topological polar surface area (TPSA) is 12.5 Å². The molecule has 2 aliphatic rings. The van der Waals surface area contributed by atoms with Crippen LogP contribution in [0.5, 0.6) is 0 Å². The second-order valence-corrected chi connectivity index (χ2v) is 4.56. The van der Waals surface area contributed by atoms with E-state index in [-0.39, 0.29) is 0 Å². The van der Waals surface area contributed by atoms with Gasteiger partial charge in [-0.15, -0.1) is 11.6 Å². The third-order valence-corrected chi connectivity index (χ3v) is 3.83. The lowest BCUT2D eigenvalue weighted by molar-refractivity contribution is -0.0143. The lowest BCUT2D eigenvalue weighted by Gasteiger charge is -2.44. The minimum Gasteiger partial charge on any atom is -0.380 e. The van der Waals surface area contributed by atoms with E-state index in [9.17, 15) is 0 Å². The van der Waals surface area contributed by atoms with E-state index in [1.807, 2.05) is 7.11 Å². The largest absolute Gasteiger partial charge is 0.380 e. The van der Waals surface area contributed by atoms with E-state index in [0.29, 0.717) is 12.1 Å². The molecule has 2 rings (SSSR count). The first-order valence-electron chi connectivity index (χ1n) is 5.18. The van der Waals surface area contributed by atoms with Crippen LogP contribution in [0.1, 0.15) is 19.3 Å². The van der Waals surface area contributed by atoms with Crippen molar-refractivity contribution < 1.29 is 4.74 Å². The van der Waals surface area contributed by atoms with Crippen LogP contribution in [0.25, 0.3) is 0 Å². The highest BCUT2D eigenvalue weighted by molar-refractivity contribution is 6.18. The predicted octanol–water partition coefficient (Wildman–Crippen LogP) is 1.72. The van der Waals surface area contributed by atoms with E-state index in [4.69, 9.17) is 16.3 Å². The van der Waals surface area contributed by atoms with Gasteiger partial charge in [-0.3, -0.25) is 4.90 Å². The van der Waals surface area contributed by atoms with Crippen molar-refractivity contribution in [3.05, 3.63) is 0 Å². The van der Waals surface area contributed by atoms with Gasteiger partial charge in [-0.1, -0.05) is 0 Å². The monoisotopic (exact) mass is 203 g/mol. The molecule has 0 aromatic rings. The number of rotatable bonds is 3. The van der Waals surface area contributed by atoms with Crippen molar-refractivity contribution in [3.63, 3.8) is 0 Å². The summed E-state index contributed by atoms with van der Waals surface area (Å²) in [5, 5.41) is 0. The van der Waals surface area contributed by atoms with Crippen LogP contribution in [0.4, 0.5) is 0 Å². The molecule has 0 spiro atoms. The molecular weight excluding hydrogens is 186 g/mol. The molecule has 0 aromatic heterocycles. The number of ether oxygens (including phenoxy) is 1. The fourth-order valence-corrected chi connectivity index (χ4v) is 2.77.